The molecule has 0 saturated heterocycles. The fourth-order valence-electron chi connectivity index (χ4n) is 3.55. The van der Waals surface area contributed by atoms with E-state index in [4.69, 9.17) is 19.9 Å². The van der Waals surface area contributed by atoms with Crippen LogP contribution in [-0.4, -0.2) is 39.3 Å². The molecule has 2 unspecified atom stereocenters. The minimum atomic E-state index is -0.419. The van der Waals surface area contributed by atoms with E-state index in [9.17, 15) is 4.79 Å². The molecule has 1 fully saturated rings. The fraction of sp³-hybridized carbons (Fsp3) is 0.632. The summed E-state index contributed by atoms with van der Waals surface area (Å²) in [6.45, 7) is 2.48. The topological polar surface area (TPSA) is 82.8 Å². The minimum Gasteiger partial charge on any atom is -0.496 e. The van der Waals surface area contributed by atoms with Crippen molar-refractivity contribution in [3.05, 3.63) is 17.7 Å². The molecule has 2 rings (SSSR count). The van der Waals surface area contributed by atoms with E-state index in [1.54, 1.807) is 21.3 Å². The number of carbonyl (C=O) groups excluding carboxylic acids is 1. The van der Waals surface area contributed by atoms with Gasteiger partial charge in [-0.05, 0) is 26.2 Å². The molecule has 0 aliphatic heterocycles. The third-order valence-corrected chi connectivity index (χ3v) is 5.06. The summed E-state index contributed by atoms with van der Waals surface area (Å²) < 4.78 is 16.1. The number of halogens is 1. The molecule has 1 aromatic carbocycles. The number of hydrogen-bond acceptors (Lipinski definition) is 5. The normalized spacial score (nSPS) is 22.1. The smallest absolute Gasteiger partial charge is 0.224 e. The van der Waals surface area contributed by atoms with Gasteiger partial charge in [-0.25, -0.2) is 0 Å². The third-order valence-electron chi connectivity index (χ3n) is 5.06. The average molecular weight is 387 g/mol. The van der Waals surface area contributed by atoms with Gasteiger partial charge in [0.15, 0.2) is 0 Å². The zero-order valence-electron chi connectivity index (χ0n) is 16.1. The molecule has 2 atom stereocenters. The predicted octanol–water partition coefficient (Wildman–Crippen LogP) is 2.70. The summed E-state index contributed by atoms with van der Waals surface area (Å²) in [5.41, 5.74) is 6.80. The quantitative estimate of drug-likeness (QED) is 0.752. The molecule has 1 amide bonds. The molecule has 0 radical (unpaired) electrons. The first-order valence-electron chi connectivity index (χ1n) is 8.78. The Morgan fingerprint density at radius 1 is 1.19 bits per heavy atom. The Bertz CT molecular complexity index is 582. The number of benzene rings is 1. The van der Waals surface area contributed by atoms with E-state index in [-0.39, 0.29) is 24.2 Å². The Morgan fingerprint density at radius 2 is 1.81 bits per heavy atom. The lowest BCUT2D eigenvalue weighted by Crippen LogP contribution is -2.53. The number of rotatable bonds is 7. The number of methoxy groups -OCH3 is 3. The lowest BCUT2D eigenvalue weighted by atomic mass is 9.74. The highest BCUT2D eigenvalue weighted by atomic mass is 35.5. The molecule has 1 aliphatic carbocycles. The predicted molar refractivity (Wildman–Crippen MR) is 105 cm³/mol. The largest absolute Gasteiger partial charge is 0.496 e. The van der Waals surface area contributed by atoms with E-state index in [2.05, 4.69) is 5.32 Å². The lowest BCUT2D eigenvalue weighted by molar-refractivity contribution is -0.128. The van der Waals surface area contributed by atoms with Crippen molar-refractivity contribution in [3.8, 4) is 17.2 Å². The summed E-state index contributed by atoms with van der Waals surface area (Å²) in [7, 11) is 4.82. The van der Waals surface area contributed by atoms with E-state index in [0.29, 0.717) is 30.2 Å². The molecular formula is C19H31ClN2O4. The summed E-state index contributed by atoms with van der Waals surface area (Å²) in [6, 6.07) is 3.63. The molecule has 1 aliphatic rings. The molecule has 7 heteroatoms. The zero-order chi connectivity index (χ0) is 18.4. The molecule has 148 valence electrons. The van der Waals surface area contributed by atoms with Crippen LogP contribution in [-0.2, 0) is 11.2 Å². The Balaban J connectivity index is 0.00000338. The van der Waals surface area contributed by atoms with Gasteiger partial charge in [0, 0.05) is 29.8 Å². The van der Waals surface area contributed by atoms with Crippen molar-refractivity contribution < 1.29 is 19.0 Å². The van der Waals surface area contributed by atoms with Gasteiger partial charge < -0.3 is 25.3 Å². The maximum Gasteiger partial charge on any atom is 0.224 e. The van der Waals surface area contributed by atoms with Crippen molar-refractivity contribution in [3.63, 3.8) is 0 Å². The standard InChI is InChI=1S/C19H30N2O4.ClH/c1-19(20)9-6-5-7-15(19)18(22)21-10-8-14-16(24-3)11-13(23-2)12-17(14)25-4;/h11-12,15H,5-10,20H2,1-4H3,(H,21,22);1H. The van der Waals surface area contributed by atoms with Gasteiger partial charge >= 0.3 is 0 Å². The van der Waals surface area contributed by atoms with E-state index < -0.39 is 5.54 Å². The van der Waals surface area contributed by atoms with Crippen molar-refractivity contribution in [2.75, 3.05) is 27.9 Å². The first kappa shape index (κ1) is 22.4. The number of hydrogen-bond donors (Lipinski definition) is 2. The Morgan fingerprint density at radius 3 is 2.31 bits per heavy atom. The molecule has 0 bridgehead atoms. The SMILES string of the molecule is COc1cc(OC)c(CCNC(=O)C2CCCCC2(C)N)c(OC)c1.Cl. The highest BCUT2D eigenvalue weighted by Crippen LogP contribution is 2.34. The second-order valence-corrected chi connectivity index (χ2v) is 6.86. The van der Waals surface area contributed by atoms with Crippen LogP contribution in [0.4, 0.5) is 0 Å². The molecule has 6 nitrogen and oxygen atoms in total. The average Bonchev–Trinajstić information content (AvgIpc) is 2.60. The number of nitrogens with one attached hydrogen (secondary N) is 1. The molecule has 3 N–H and O–H groups in total. The van der Waals surface area contributed by atoms with Crippen LogP contribution in [0.2, 0.25) is 0 Å². The van der Waals surface area contributed by atoms with Crippen molar-refractivity contribution in [1.29, 1.82) is 0 Å². The van der Waals surface area contributed by atoms with Crippen molar-refractivity contribution in [1.82, 2.24) is 5.32 Å². The van der Waals surface area contributed by atoms with Crippen LogP contribution in [0, 0.1) is 5.92 Å². The van der Waals surface area contributed by atoms with Gasteiger partial charge in [-0.15, -0.1) is 12.4 Å². The molecular weight excluding hydrogens is 356 g/mol. The zero-order valence-corrected chi connectivity index (χ0v) is 16.9. The summed E-state index contributed by atoms with van der Waals surface area (Å²) in [5.74, 6) is 1.96. The van der Waals surface area contributed by atoms with Gasteiger partial charge in [-0.3, -0.25) is 4.79 Å². The Kier molecular flexibility index (Phi) is 8.50. The van der Waals surface area contributed by atoms with Crippen LogP contribution in [0.15, 0.2) is 12.1 Å². The first-order valence-corrected chi connectivity index (χ1v) is 8.78. The number of ether oxygens (including phenoxy) is 3. The highest BCUT2D eigenvalue weighted by Gasteiger charge is 2.37. The molecule has 26 heavy (non-hydrogen) atoms. The summed E-state index contributed by atoms with van der Waals surface area (Å²) in [6.07, 6.45) is 4.51. The molecule has 0 aromatic heterocycles. The number of nitrogens with two attached hydrogens (primary N) is 1. The van der Waals surface area contributed by atoms with Gasteiger partial charge in [0.1, 0.15) is 17.2 Å². The molecule has 0 heterocycles. The lowest BCUT2D eigenvalue weighted by Gasteiger charge is -2.37. The van der Waals surface area contributed by atoms with Crippen LogP contribution in [0.1, 0.15) is 38.2 Å². The summed E-state index contributed by atoms with van der Waals surface area (Å²) >= 11 is 0. The van der Waals surface area contributed by atoms with Crippen LogP contribution >= 0.6 is 12.4 Å². The van der Waals surface area contributed by atoms with Crippen LogP contribution in [0.25, 0.3) is 0 Å². The summed E-state index contributed by atoms with van der Waals surface area (Å²) in [4.78, 5) is 12.5. The maximum atomic E-state index is 12.5. The van der Waals surface area contributed by atoms with Crippen molar-refractivity contribution in [2.24, 2.45) is 11.7 Å². The molecule has 1 aromatic rings. The van der Waals surface area contributed by atoms with Gasteiger partial charge in [0.05, 0.1) is 27.2 Å². The highest BCUT2D eigenvalue weighted by molar-refractivity contribution is 5.85. The monoisotopic (exact) mass is 386 g/mol. The Labute approximate surface area is 162 Å². The van der Waals surface area contributed by atoms with Gasteiger partial charge in [-0.1, -0.05) is 12.8 Å². The first-order chi connectivity index (χ1) is 11.9. The van der Waals surface area contributed by atoms with E-state index in [0.717, 1.165) is 31.2 Å². The van der Waals surface area contributed by atoms with E-state index in [1.165, 1.54) is 0 Å². The minimum absolute atomic E-state index is 0. The van der Waals surface area contributed by atoms with Gasteiger partial charge in [-0.2, -0.15) is 0 Å². The molecule has 1 saturated carbocycles. The van der Waals surface area contributed by atoms with E-state index >= 15 is 0 Å². The number of carbonyl (C=O) groups is 1. The Hall–Kier alpha value is -1.66. The van der Waals surface area contributed by atoms with Crippen molar-refractivity contribution in [2.45, 2.75) is 44.6 Å². The van der Waals surface area contributed by atoms with Crippen LogP contribution < -0.4 is 25.3 Å². The molecule has 0 spiro atoms. The maximum absolute atomic E-state index is 12.5. The van der Waals surface area contributed by atoms with Crippen LogP contribution in [0.5, 0.6) is 17.2 Å². The van der Waals surface area contributed by atoms with Gasteiger partial charge in [0.2, 0.25) is 5.91 Å². The third kappa shape index (κ3) is 5.17. The second kappa shape index (κ2) is 9.88. The van der Waals surface area contributed by atoms with Gasteiger partial charge in [0.25, 0.3) is 0 Å². The second-order valence-electron chi connectivity index (χ2n) is 6.86. The summed E-state index contributed by atoms with van der Waals surface area (Å²) in [5, 5.41) is 3.03. The fourth-order valence-corrected chi connectivity index (χ4v) is 3.55. The van der Waals surface area contributed by atoms with Crippen molar-refractivity contribution >= 4 is 18.3 Å². The van der Waals surface area contributed by atoms with Crippen LogP contribution in [0.3, 0.4) is 0 Å². The number of amides is 1. The van der Waals surface area contributed by atoms with E-state index in [1.807, 2.05) is 19.1 Å².